The molecule has 0 aliphatic carbocycles. The zero-order chi connectivity index (χ0) is 10.5. The van der Waals surface area contributed by atoms with E-state index in [2.05, 4.69) is 19.1 Å². The predicted molar refractivity (Wildman–Crippen MR) is 60.3 cm³/mol. The molecule has 2 nitrogen and oxygen atoms in total. The van der Waals surface area contributed by atoms with E-state index in [1.807, 2.05) is 12.1 Å². The van der Waals surface area contributed by atoms with Crippen molar-refractivity contribution in [1.29, 1.82) is 0 Å². The number of ether oxygens (including phenoxy) is 2. The smallest absolute Gasteiger partial charge is 0.119 e. The van der Waals surface area contributed by atoms with Gasteiger partial charge in [-0.15, -0.1) is 0 Å². The van der Waals surface area contributed by atoms with Gasteiger partial charge in [0.15, 0.2) is 0 Å². The molecule has 0 aromatic heterocycles. The van der Waals surface area contributed by atoms with Crippen molar-refractivity contribution in [2.24, 2.45) is 0 Å². The minimum absolute atomic E-state index is 0.338. The Kier molecular flexibility index (Phi) is 3.62. The standard InChI is InChI=1S/C13H18O2/c1-2-3-4-11-5-7-12(8-6-11)14-9-13-10-15-13/h5-8,13H,2-4,9-10H2,1H3. The molecular weight excluding hydrogens is 188 g/mol. The second-order valence-corrected chi connectivity index (χ2v) is 4.01. The Bertz CT molecular complexity index is 288. The van der Waals surface area contributed by atoms with Crippen LogP contribution in [0, 0.1) is 0 Å². The van der Waals surface area contributed by atoms with Crippen molar-refractivity contribution in [2.75, 3.05) is 13.2 Å². The molecule has 1 aliphatic rings. The number of aryl methyl sites for hydroxylation is 1. The van der Waals surface area contributed by atoms with Crippen molar-refractivity contribution in [2.45, 2.75) is 32.3 Å². The molecule has 1 aromatic carbocycles. The Morgan fingerprint density at radius 3 is 2.67 bits per heavy atom. The second kappa shape index (κ2) is 5.17. The van der Waals surface area contributed by atoms with Crippen LogP contribution < -0.4 is 4.74 Å². The van der Waals surface area contributed by atoms with Gasteiger partial charge in [0.25, 0.3) is 0 Å². The van der Waals surface area contributed by atoms with E-state index >= 15 is 0 Å². The number of hydrogen-bond acceptors (Lipinski definition) is 2. The van der Waals surface area contributed by atoms with Crippen molar-refractivity contribution in [3.63, 3.8) is 0 Å². The van der Waals surface area contributed by atoms with Crippen LogP contribution in [0.5, 0.6) is 5.75 Å². The molecule has 1 heterocycles. The Morgan fingerprint density at radius 1 is 1.33 bits per heavy atom. The number of epoxide rings is 1. The van der Waals surface area contributed by atoms with Gasteiger partial charge in [-0.3, -0.25) is 0 Å². The summed E-state index contributed by atoms with van der Waals surface area (Å²) in [7, 11) is 0. The van der Waals surface area contributed by atoms with Gasteiger partial charge in [0.05, 0.1) is 6.61 Å². The van der Waals surface area contributed by atoms with Crippen LogP contribution in [-0.2, 0) is 11.2 Å². The maximum atomic E-state index is 5.56. The van der Waals surface area contributed by atoms with E-state index in [-0.39, 0.29) is 0 Å². The van der Waals surface area contributed by atoms with Crippen molar-refractivity contribution >= 4 is 0 Å². The predicted octanol–water partition coefficient (Wildman–Crippen LogP) is 2.81. The topological polar surface area (TPSA) is 21.8 Å². The summed E-state index contributed by atoms with van der Waals surface area (Å²) in [5.41, 5.74) is 1.40. The summed E-state index contributed by atoms with van der Waals surface area (Å²) in [6, 6.07) is 8.40. The Labute approximate surface area is 91.2 Å². The highest BCUT2D eigenvalue weighted by Gasteiger charge is 2.22. The number of hydrogen-bond donors (Lipinski definition) is 0. The van der Waals surface area contributed by atoms with E-state index in [0.29, 0.717) is 12.7 Å². The molecule has 0 bridgehead atoms. The highest BCUT2D eigenvalue weighted by Crippen LogP contribution is 2.16. The maximum Gasteiger partial charge on any atom is 0.119 e. The van der Waals surface area contributed by atoms with Crippen LogP contribution in [0.15, 0.2) is 24.3 Å². The minimum Gasteiger partial charge on any atom is -0.491 e. The van der Waals surface area contributed by atoms with Gasteiger partial charge in [-0.2, -0.15) is 0 Å². The van der Waals surface area contributed by atoms with Gasteiger partial charge < -0.3 is 9.47 Å². The molecule has 0 saturated carbocycles. The minimum atomic E-state index is 0.338. The van der Waals surface area contributed by atoms with E-state index in [1.165, 1.54) is 24.8 Å². The van der Waals surface area contributed by atoms with E-state index in [4.69, 9.17) is 9.47 Å². The summed E-state index contributed by atoms with van der Waals surface area (Å²) in [6.07, 6.45) is 4.01. The first-order valence-electron chi connectivity index (χ1n) is 5.72. The second-order valence-electron chi connectivity index (χ2n) is 4.01. The van der Waals surface area contributed by atoms with Gasteiger partial charge >= 0.3 is 0 Å². The molecule has 2 heteroatoms. The fourth-order valence-corrected chi connectivity index (χ4v) is 1.49. The highest BCUT2D eigenvalue weighted by atomic mass is 16.6. The third kappa shape index (κ3) is 3.56. The largest absolute Gasteiger partial charge is 0.491 e. The lowest BCUT2D eigenvalue weighted by Crippen LogP contribution is -2.03. The van der Waals surface area contributed by atoms with E-state index in [9.17, 15) is 0 Å². The zero-order valence-corrected chi connectivity index (χ0v) is 9.24. The van der Waals surface area contributed by atoms with Crippen molar-refractivity contribution in [3.05, 3.63) is 29.8 Å². The number of benzene rings is 1. The molecule has 1 unspecified atom stereocenters. The first kappa shape index (κ1) is 10.5. The number of unbranched alkanes of at least 4 members (excludes halogenated alkanes) is 1. The van der Waals surface area contributed by atoms with E-state index in [0.717, 1.165) is 12.4 Å². The average molecular weight is 206 g/mol. The van der Waals surface area contributed by atoms with E-state index in [1.54, 1.807) is 0 Å². The third-order valence-corrected chi connectivity index (χ3v) is 2.58. The summed E-state index contributed by atoms with van der Waals surface area (Å²) >= 11 is 0. The van der Waals surface area contributed by atoms with Crippen molar-refractivity contribution in [1.82, 2.24) is 0 Å². The third-order valence-electron chi connectivity index (χ3n) is 2.58. The van der Waals surface area contributed by atoms with Gasteiger partial charge in [0.2, 0.25) is 0 Å². The van der Waals surface area contributed by atoms with Gasteiger partial charge in [0.1, 0.15) is 18.5 Å². The first-order valence-corrected chi connectivity index (χ1v) is 5.72. The summed E-state index contributed by atoms with van der Waals surface area (Å²) in [4.78, 5) is 0. The molecular formula is C13H18O2. The van der Waals surface area contributed by atoms with Crippen LogP contribution >= 0.6 is 0 Å². The molecule has 1 saturated heterocycles. The van der Waals surface area contributed by atoms with Crippen molar-refractivity contribution < 1.29 is 9.47 Å². The fraction of sp³-hybridized carbons (Fsp3) is 0.538. The van der Waals surface area contributed by atoms with Gasteiger partial charge in [-0.25, -0.2) is 0 Å². The van der Waals surface area contributed by atoms with Crippen LogP contribution in [-0.4, -0.2) is 19.3 Å². The van der Waals surface area contributed by atoms with Crippen LogP contribution in [0.3, 0.4) is 0 Å². The van der Waals surface area contributed by atoms with Crippen LogP contribution in [0.25, 0.3) is 0 Å². The fourth-order valence-electron chi connectivity index (χ4n) is 1.49. The molecule has 0 amide bonds. The van der Waals surface area contributed by atoms with Gasteiger partial charge in [0, 0.05) is 0 Å². The lowest BCUT2D eigenvalue weighted by atomic mass is 10.1. The summed E-state index contributed by atoms with van der Waals surface area (Å²) in [6.45, 7) is 3.76. The molecule has 15 heavy (non-hydrogen) atoms. The molecule has 0 spiro atoms. The summed E-state index contributed by atoms with van der Waals surface area (Å²) in [5, 5.41) is 0. The SMILES string of the molecule is CCCCc1ccc(OCC2CO2)cc1. The van der Waals surface area contributed by atoms with Crippen LogP contribution in [0.4, 0.5) is 0 Å². The quantitative estimate of drug-likeness (QED) is 0.667. The van der Waals surface area contributed by atoms with E-state index < -0.39 is 0 Å². The molecule has 1 aromatic rings. The average Bonchev–Trinajstić information content (AvgIpc) is 3.09. The molecule has 82 valence electrons. The maximum absolute atomic E-state index is 5.56. The Balaban J connectivity index is 1.79. The normalized spacial score (nSPS) is 18.9. The molecule has 0 radical (unpaired) electrons. The van der Waals surface area contributed by atoms with Crippen molar-refractivity contribution in [3.8, 4) is 5.75 Å². The number of rotatable bonds is 6. The molecule has 2 rings (SSSR count). The molecule has 0 N–H and O–H groups in total. The molecule has 1 atom stereocenters. The molecule has 1 fully saturated rings. The van der Waals surface area contributed by atoms with Crippen LogP contribution in [0.1, 0.15) is 25.3 Å². The molecule has 1 aliphatic heterocycles. The lowest BCUT2D eigenvalue weighted by Gasteiger charge is -2.05. The lowest BCUT2D eigenvalue weighted by molar-refractivity contribution is 0.263. The summed E-state index contributed by atoms with van der Waals surface area (Å²) in [5.74, 6) is 0.950. The monoisotopic (exact) mass is 206 g/mol. The summed E-state index contributed by atoms with van der Waals surface area (Å²) < 4.78 is 10.6. The zero-order valence-electron chi connectivity index (χ0n) is 9.24. The van der Waals surface area contributed by atoms with Gasteiger partial charge in [-0.05, 0) is 30.5 Å². The first-order chi connectivity index (χ1) is 7.38. The Morgan fingerprint density at radius 2 is 2.07 bits per heavy atom. The van der Waals surface area contributed by atoms with Crippen LogP contribution in [0.2, 0.25) is 0 Å². The van der Waals surface area contributed by atoms with Gasteiger partial charge in [-0.1, -0.05) is 25.5 Å². The Hall–Kier alpha value is -1.02. The highest BCUT2D eigenvalue weighted by molar-refractivity contribution is 5.27.